The Morgan fingerprint density at radius 2 is 2.26 bits per heavy atom. The SMILES string of the molecule is O=C(c1cn(C2CNC2)nn1)c1cccc(Br)c1F. The van der Waals surface area contributed by atoms with E-state index < -0.39 is 11.6 Å². The lowest BCUT2D eigenvalue weighted by Crippen LogP contribution is -2.43. The van der Waals surface area contributed by atoms with E-state index in [0.717, 1.165) is 13.1 Å². The van der Waals surface area contributed by atoms with Crippen LogP contribution in [0, 0.1) is 5.82 Å². The second kappa shape index (κ2) is 4.82. The van der Waals surface area contributed by atoms with Crippen molar-refractivity contribution in [2.45, 2.75) is 6.04 Å². The van der Waals surface area contributed by atoms with Crippen molar-refractivity contribution in [2.75, 3.05) is 13.1 Å². The summed E-state index contributed by atoms with van der Waals surface area (Å²) >= 11 is 3.06. The number of halogens is 2. The van der Waals surface area contributed by atoms with Gasteiger partial charge >= 0.3 is 0 Å². The summed E-state index contributed by atoms with van der Waals surface area (Å²) in [6, 6.07) is 4.82. The van der Waals surface area contributed by atoms with E-state index >= 15 is 0 Å². The van der Waals surface area contributed by atoms with Gasteiger partial charge in [-0.2, -0.15) is 0 Å². The van der Waals surface area contributed by atoms with Gasteiger partial charge in [-0.15, -0.1) is 5.10 Å². The smallest absolute Gasteiger partial charge is 0.217 e. The van der Waals surface area contributed by atoms with E-state index in [-0.39, 0.29) is 21.8 Å². The summed E-state index contributed by atoms with van der Waals surface area (Å²) in [5.74, 6) is -1.04. The summed E-state index contributed by atoms with van der Waals surface area (Å²) in [5, 5.41) is 10.8. The quantitative estimate of drug-likeness (QED) is 0.870. The van der Waals surface area contributed by atoms with Gasteiger partial charge in [-0.3, -0.25) is 4.79 Å². The van der Waals surface area contributed by atoms with Crippen molar-refractivity contribution in [3.05, 3.63) is 45.9 Å². The molecule has 0 saturated carbocycles. The average molecular weight is 325 g/mol. The topological polar surface area (TPSA) is 59.8 Å². The second-order valence-electron chi connectivity index (χ2n) is 4.33. The molecule has 2 heterocycles. The first-order valence-corrected chi connectivity index (χ1v) is 6.57. The third kappa shape index (κ3) is 2.19. The summed E-state index contributed by atoms with van der Waals surface area (Å²) in [6.45, 7) is 1.62. The van der Waals surface area contributed by atoms with Crippen molar-refractivity contribution >= 4 is 21.7 Å². The first-order valence-electron chi connectivity index (χ1n) is 5.78. The van der Waals surface area contributed by atoms with Crippen LogP contribution < -0.4 is 5.32 Å². The van der Waals surface area contributed by atoms with Crippen molar-refractivity contribution in [3.8, 4) is 0 Å². The monoisotopic (exact) mass is 324 g/mol. The van der Waals surface area contributed by atoms with E-state index in [1.54, 1.807) is 23.0 Å². The van der Waals surface area contributed by atoms with Crippen LogP contribution in [0.4, 0.5) is 4.39 Å². The van der Waals surface area contributed by atoms with E-state index in [9.17, 15) is 9.18 Å². The maximum atomic E-state index is 13.8. The first kappa shape index (κ1) is 12.4. The molecule has 1 aliphatic rings. The molecule has 1 aliphatic heterocycles. The number of ketones is 1. The predicted molar refractivity (Wildman–Crippen MR) is 69.5 cm³/mol. The van der Waals surface area contributed by atoms with Gasteiger partial charge in [0.15, 0.2) is 5.69 Å². The maximum Gasteiger partial charge on any atom is 0.217 e. The molecule has 0 bridgehead atoms. The number of hydrogen-bond donors (Lipinski definition) is 1. The van der Waals surface area contributed by atoms with Crippen LogP contribution in [0.5, 0.6) is 0 Å². The van der Waals surface area contributed by atoms with Crippen LogP contribution in [0.15, 0.2) is 28.9 Å². The number of carbonyl (C=O) groups is 1. The van der Waals surface area contributed by atoms with Gasteiger partial charge < -0.3 is 5.32 Å². The summed E-state index contributed by atoms with van der Waals surface area (Å²) in [6.07, 6.45) is 1.56. The lowest BCUT2D eigenvalue weighted by atomic mass is 10.1. The molecule has 5 nitrogen and oxygen atoms in total. The molecule has 98 valence electrons. The second-order valence-corrected chi connectivity index (χ2v) is 5.18. The minimum Gasteiger partial charge on any atom is -0.312 e. The lowest BCUT2D eigenvalue weighted by Gasteiger charge is -2.26. The van der Waals surface area contributed by atoms with Gasteiger partial charge in [0.2, 0.25) is 5.78 Å². The highest BCUT2D eigenvalue weighted by Gasteiger charge is 2.23. The zero-order chi connectivity index (χ0) is 13.4. The number of nitrogens with zero attached hydrogens (tertiary/aromatic N) is 3. The number of nitrogens with one attached hydrogen (secondary N) is 1. The van der Waals surface area contributed by atoms with Crippen LogP contribution in [0.3, 0.4) is 0 Å². The molecule has 3 rings (SSSR count). The van der Waals surface area contributed by atoms with Crippen LogP contribution in [0.2, 0.25) is 0 Å². The van der Waals surface area contributed by atoms with E-state index in [1.807, 2.05) is 0 Å². The zero-order valence-electron chi connectivity index (χ0n) is 9.81. The van der Waals surface area contributed by atoms with Gasteiger partial charge in [-0.1, -0.05) is 11.3 Å². The number of aromatic nitrogens is 3. The molecule has 0 radical (unpaired) electrons. The van der Waals surface area contributed by atoms with Crippen molar-refractivity contribution < 1.29 is 9.18 Å². The number of carbonyl (C=O) groups excluding carboxylic acids is 1. The zero-order valence-corrected chi connectivity index (χ0v) is 11.4. The van der Waals surface area contributed by atoms with Crippen LogP contribution in [-0.4, -0.2) is 33.9 Å². The fraction of sp³-hybridized carbons (Fsp3) is 0.250. The van der Waals surface area contributed by atoms with Gasteiger partial charge in [0, 0.05) is 13.1 Å². The third-order valence-electron chi connectivity index (χ3n) is 3.07. The lowest BCUT2D eigenvalue weighted by molar-refractivity contribution is 0.103. The molecule has 0 spiro atoms. The summed E-state index contributed by atoms with van der Waals surface area (Å²) in [7, 11) is 0. The van der Waals surface area contributed by atoms with Crippen LogP contribution in [0.1, 0.15) is 22.1 Å². The van der Waals surface area contributed by atoms with Crippen LogP contribution in [0.25, 0.3) is 0 Å². The Morgan fingerprint density at radius 3 is 2.95 bits per heavy atom. The molecule has 7 heteroatoms. The number of benzene rings is 1. The van der Waals surface area contributed by atoms with Crippen molar-refractivity contribution in [2.24, 2.45) is 0 Å². The number of hydrogen-bond acceptors (Lipinski definition) is 4. The molecule has 0 aliphatic carbocycles. The largest absolute Gasteiger partial charge is 0.312 e. The maximum absolute atomic E-state index is 13.8. The van der Waals surface area contributed by atoms with Crippen molar-refractivity contribution in [3.63, 3.8) is 0 Å². The molecular formula is C12H10BrFN4O. The molecule has 0 unspecified atom stereocenters. The Morgan fingerprint density at radius 1 is 1.47 bits per heavy atom. The van der Waals surface area contributed by atoms with Crippen molar-refractivity contribution in [1.29, 1.82) is 0 Å². The predicted octanol–water partition coefficient (Wildman–Crippen LogP) is 1.55. The van der Waals surface area contributed by atoms with E-state index in [1.165, 1.54) is 6.07 Å². The van der Waals surface area contributed by atoms with E-state index in [0.29, 0.717) is 0 Å². The normalized spacial score (nSPS) is 15.3. The molecule has 2 aromatic rings. The third-order valence-corrected chi connectivity index (χ3v) is 3.69. The van der Waals surface area contributed by atoms with Crippen LogP contribution >= 0.6 is 15.9 Å². The molecule has 0 atom stereocenters. The summed E-state index contributed by atoms with van der Waals surface area (Å²) < 4.78 is 15.7. The highest BCUT2D eigenvalue weighted by Crippen LogP contribution is 2.21. The van der Waals surface area contributed by atoms with Gasteiger partial charge in [-0.25, -0.2) is 9.07 Å². The Kier molecular flexibility index (Phi) is 3.16. The van der Waals surface area contributed by atoms with E-state index in [2.05, 4.69) is 31.6 Å². The van der Waals surface area contributed by atoms with Gasteiger partial charge in [0.1, 0.15) is 5.82 Å². The first-order chi connectivity index (χ1) is 9.16. The highest BCUT2D eigenvalue weighted by molar-refractivity contribution is 9.10. The highest BCUT2D eigenvalue weighted by atomic mass is 79.9. The average Bonchev–Trinajstić information content (AvgIpc) is 2.79. The van der Waals surface area contributed by atoms with E-state index in [4.69, 9.17) is 0 Å². The molecule has 1 aromatic carbocycles. The fourth-order valence-electron chi connectivity index (χ4n) is 1.84. The number of rotatable bonds is 3. The Labute approximate surface area is 116 Å². The molecule has 19 heavy (non-hydrogen) atoms. The molecular weight excluding hydrogens is 315 g/mol. The Hall–Kier alpha value is -1.60. The minimum atomic E-state index is -0.577. The molecule has 1 fully saturated rings. The summed E-state index contributed by atoms with van der Waals surface area (Å²) in [4.78, 5) is 12.2. The van der Waals surface area contributed by atoms with Crippen molar-refractivity contribution in [1.82, 2.24) is 20.3 Å². The molecule has 0 amide bonds. The fourth-order valence-corrected chi connectivity index (χ4v) is 2.20. The summed E-state index contributed by atoms with van der Waals surface area (Å²) in [5.41, 5.74) is 0.150. The van der Waals surface area contributed by atoms with Crippen LogP contribution in [-0.2, 0) is 0 Å². The minimum absolute atomic E-state index is 0.00633. The Bertz CT molecular complexity index is 638. The molecule has 1 aromatic heterocycles. The standard InChI is InChI=1S/C12H10BrFN4O/c13-9-3-1-2-8(11(9)14)12(19)10-6-18(17-16-10)7-4-15-5-7/h1-3,6-7,15H,4-5H2. The molecule has 1 saturated heterocycles. The van der Waals surface area contributed by atoms with Gasteiger partial charge in [0.25, 0.3) is 0 Å². The molecule has 1 N–H and O–H groups in total. The van der Waals surface area contributed by atoms with Gasteiger partial charge in [-0.05, 0) is 28.1 Å². The Balaban J connectivity index is 1.91. The van der Waals surface area contributed by atoms with Gasteiger partial charge in [0.05, 0.1) is 22.3 Å².